The van der Waals surface area contributed by atoms with Gasteiger partial charge >= 0.3 is 0 Å². The fourth-order valence-electron chi connectivity index (χ4n) is 9.41. The minimum absolute atomic E-state index is 0.0770. The monoisotopic (exact) mass is 1060 g/mol. The van der Waals surface area contributed by atoms with E-state index >= 15 is 0 Å². The number of likely N-dealkylation sites (tertiary alicyclic amines) is 2. The highest BCUT2D eigenvalue weighted by atomic mass is 32.1. The van der Waals surface area contributed by atoms with Gasteiger partial charge < -0.3 is 50.4 Å². The molecule has 2 fully saturated rings. The molecule has 0 unspecified atom stereocenters. The zero-order valence-electron chi connectivity index (χ0n) is 43.8. The fourth-order valence-corrected chi connectivity index (χ4v) is 10.2. The first-order valence-electron chi connectivity index (χ1n) is 25.9. The van der Waals surface area contributed by atoms with Crippen molar-refractivity contribution in [2.75, 3.05) is 76.9 Å². The highest BCUT2D eigenvalue weighted by Gasteiger charge is 2.42. The van der Waals surface area contributed by atoms with Crippen LogP contribution in [0.5, 0.6) is 11.5 Å². The van der Waals surface area contributed by atoms with Gasteiger partial charge in [0.05, 0.1) is 72.8 Å². The second kappa shape index (κ2) is 26.1. The Bertz CT molecular complexity index is 2930. The van der Waals surface area contributed by atoms with Crippen molar-refractivity contribution >= 4 is 57.5 Å². The molecule has 0 bridgehead atoms. The molecule has 2 aliphatic heterocycles. The highest BCUT2D eigenvalue weighted by molar-refractivity contribution is 7.13. The minimum Gasteiger partial charge on any atom is -0.455 e. The average molecular weight is 1060 g/mol. The number of nitrogens with zero attached hydrogens (tertiary/aromatic N) is 7. The van der Waals surface area contributed by atoms with Crippen LogP contribution in [0.25, 0.3) is 32.7 Å². The van der Waals surface area contributed by atoms with Crippen LogP contribution in [-0.2, 0) is 39.9 Å². The van der Waals surface area contributed by atoms with Crippen molar-refractivity contribution in [1.29, 1.82) is 0 Å². The van der Waals surface area contributed by atoms with Crippen molar-refractivity contribution in [1.82, 2.24) is 45.2 Å². The van der Waals surface area contributed by atoms with Crippen LogP contribution in [0.3, 0.4) is 0 Å². The van der Waals surface area contributed by atoms with Gasteiger partial charge in [-0.25, -0.2) is 19.6 Å². The number of nitrogens with one attached hydrogen (secondary N) is 3. The molecule has 2 saturated heterocycles. The zero-order valence-corrected chi connectivity index (χ0v) is 44.6. The Hall–Kier alpha value is -7.10. The lowest BCUT2D eigenvalue weighted by Gasteiger charge is -2.35. The van der Waals surface area contributed by atoms with E-state index in [-0.39, 0.29) is 42.7 Å². The number of piperidine rings is 1. The maximum Gasteiger partial charge on any atom is 0.247 e. The number of hydrogen-bond acceptors (Lipinski definition) is 15. The Labute approximate surface area is 447 Å². The molecule has 20 heteroatoms. The number of thiazole rings is 1. The first-order chi connectivity index (χ1) is 36.8. The number of carbonyl (C=O) groups excluding carboxylic acids is 4. The number of anilines is 2. The number of aryl methyl sites for hydroxylation is 1. The predicted octanol–water partition coefficient (Wildman–Crippen LogP) is 7.34. The third-order valence-corrected chi connectivity index (χ3v) is 14.5. The van der Waals surface area contributed by atoms with E-state index in [1.807, 2.05) is 105 Å². The molecule has 3 aromatic carbocycles. The highest BCUT2D eigenvalue weighted by Crippen LogP contribution is 2.39. The first kappa shape index (κ1) is 55.1. The van der Waals surface area contributed by atoms with Gasteiger partial charge in [0.2, 0.25) is 23.6 Å². The predicted molar refractivity (Wildman–Crippen MR) is 293 cm³/mol. The first-order valence-corrected chi connectivity index (χ1v) is 26.8. The summed E-state index contributed by atoms with van der Waals surface area (Å²) in [4.78, 5) is 71.3. The van der Waals surface area contributed by atoms with Crippen LogP contribution < -0.4 is 26.4 Å². The molecule has 2 atom stereocenters. The van der Waals surface area contributed by atoms with Crippen LogP contribution in [0.4, 0.5) is 11.5 Å². The fraction of sp³-hybridized carbons (Fsp3) is 0.429. The summed E-state index contributed by atoms with van der Waals surface area (Å²) in [6, 6.07) is 21.5. The number of para-hydroxylation sites is 1. The molecule has 5 heterocycles. The van der Waals surface area contributed by atoms with Crippen LogP contribution in [0, 0.1) is 12.3 Å². The van der Waals surface area contributed by atoms with Gasteiger partial charge in [-0.05, 0) is 85.6 Å². The zero-order chi connectivity index (χ0) is 53.6. The minimum atomic E-state index is -0.813. The molecule has 6 aromatic rings. The second-order valence-electron chi connectivity index (χ2n) is 20.0. The topological polar surface area (TPSA) is 230 Å². The van der Waals surface area contributed by atoms with Gasteiger partial charge in [-0.15, -0.1) is 11.3 Å². The molecule has 402 valence electrons. The summed E-state index contributed by atoms with van der Waals surface area (Å²) in [7, 11) is 0. The molecular weight excluding hydrogens is 987 g/mol. The van der Waals surface area contributed by atoms with Crippen molar-refractivity contribution in [3.05, 3.63) is 109 Å². The van der Waals surface area contributed by atoms with Crippen molar-refractivity contribution < 1.29 is 38.1 Å². The number of nitrogen functional groups attached to an aromatic ring is 1. The van der Waals surface area contributed by atoms with Crippen LogP contribution >= 0.6 is 11.3 Å². The normalized spacial score (nSPS) is 15.6. The molecule has 0 spiro atoms. The molecule has 0 radical (unpaired) electrons. The average Bonchev–Trinajstić information content (AvgIpc) is 4.19. The Balaban J connectivity index is 0.710. The quantitative estimate of drug-likeness (QED) is 0.0344. The van der Waals surface area contributed by atoms with Gasteiger partial charge in [-0.2, -0.15) is 5.10 Å². The van der Waals surface area contributed by atoms with Gasteiger partial charge in [0.25, 0.3) is 0 Å². The van der Waals surface area contributed by atoms with E-state index in [4.69, 9.17) is 29.8 Å². The van der Waals surface area contributed by atoms with Crippen molar-refractivity contribution in [2.24, 2.45) is 5.41 Å². The van der Waals surface area contributed by atoms with Crippen LogP contribution in [0.2, 0.25) is 0 Å². The molecule has 2 aliphatic rings. The number of nitrogens with two attached hydrogens (primary N) is 1. The Morgan fingerprint density at radius 2 is 1.58 bits per heavy atom. The van der Waals surface area contributed by atoms with Crippen molar-refractivity contribution in [3.63, 3.8) is 0 Å². The maximum atomic E-state index is 14.0. The summed E-state index contributed by atoms with van der Waals surface area (Å²) in [6.45, 7) is 16.8. The molecule has 8 rings (SSSR count). The summed E-state index contributed by atoms with van der Waals surface area (Å²) >= 11 is 1.60. The molecule has 0 aliphatic carbocycles. The van der Waals surface area contributed by atoms with Gasteiger partial charge in [-0.3, -0.25) is 19.2 Å². The summed E-state index contributed by atoms with van der Waals surface area (Å²) in [5.41, 5.74) is 13.2. The number of carbonyl (C=O) groups is 4. The van der Waals surface area contributed by atoms with E-state index in [1.54, 1.807) is 22.3 Å². The number of hydrogen-bond donors (Lipinski definition) is 4. The Morgan fingerprint density at radius 3 is 2.28 bits per heavy atom. The van der Waals surface area contributed by atoms with Crippen LogP contribution in [-0.4, -0.2) is 136 Å². The van der Waals surface area contributed by atoms with Gasteiger partial charge in [0.15, 0.2) is 11.4 Å². The van der Waals surface area contributed by atoms with Crippen molar-refractivity contribution in [3.8, 4) is 33.2 Å². The lowest BCUT2D eigenvalue weighted by molar-refractivity contribution is -0.144. The van der Waals surface area contributed by atoms with Crippen LogP contribution in [0.1, 0.15) is 70.2 Å². The lowest BCUT2D eigenvalue weighted by atomic mass is 9.85. The number of ether oxygens (including phenoxy) is 4. The van der Waals surface area contributed by atoms with Crippen molar-refractivity contribution in [2.45, 2.75) is 84.5 Å². The number of rotatable bonds is 24. The maximum absolute atomic E-state index is 14.0. The molecule has 19 nitrogen and oxygen atoms in total. The standard InChI is InChI=1S/C56H69N11O8S/c1-6-46(68)62-43-33-40(18-19-45(43)75-42-11-8-7-9-12-42)49-48-52(57)59-35-60-53(48)67(64-49)41-20-24-65(25-21-41)26-28-73-30-32-74-31-29-72-27-22-47(69)63-51(56(3,4)5)55(71)66-23-10-13-44(66)54(70)58-34-38-14-16-39(17-15-38)50-37(2)61-36-76-50/h6-9,11-12,14-19,33,35-36,41,44,51H,1,10,13,20-32,34H2,2-5H3,(H,58,70)(H,62,68)(H,63,69)(H2,57,59,60)/t44-,51+/m1/s1. The van der Waals surface area contributed by atoms with E-state index < -0.39 is 17.5 Å². The lowest BCUT2D eigenvalue weighted by Crippen LogP contribution is -2.57. The third kappa shape index (κ3) is 14.2. The largest absolute Gasteiger partial charge is 0.455 e. The molecule has 76 heavy (non-hydrogen) atoms. The summed E-state index contributed by atoms with van der Waals surface area (Å²) in [5.74, 6) is 0.254. The SMILES string of the molecule is C=CC(=O)Nc1cc(-c2nn(C3CCN(CCOCCOCCOCCC(=O)N[C@@H](C(=O)N4CCC[C@@H]4C(=O)NCc4ccc(-c5scnc5C)cc4)C(C)(C)C)CC3)c3ncnc(N)c23)ccc1Oc1ccccc1. The van der Waals surface area contributed by atoms with E-state index in [0.29, 0.717) is 104 Å². The number of aromatic nitrogens is 5. The van der Waals surface area contributed by atoms with Crippen LogP contribution in [0.15, 0.2) is 97.3 Å². The smallest absolute Gasteiger partial charge is 0.247 e. The molecule has 3 aromatic heterocycles. The third-order valence-electron chi connectivity index (χ3n) is 13.5. The van der Waals surface area contributed by atoms with E-state index in [9.17, 15) is 19.2 Å². The summed E-state index contributed by atoms with van der Waals surface area (Å²) in [6.07, 6.45) is 5.69. The van der Waals surface area contributed by atoms with E-state index in [2.05, 4.69) is 42.4 Å². The molecule has 5 N–H and O–H groups in total. The molecule has 4 amide bonds. The van der Waals surface area contributed by atoms with Gasteiger partial charge in [-0.1, -0.05) is 69.8 Å². The van der Waals surface area contributed by atoms with Gasteiger partial charge in [0.1, 0.15) is 35.7 Å². The summed E-state index contributed by atoms with van der Waals surface area (Å²) in [5, 5.41) is 14.5. The number of benzene rings is 3. The van der Waals surface area contributed by atoms with E-state index in [0.717, 1.165) is 54.2 Å². The van der Waals surface area contributed by atoms with E-state index in [1.165, 1.54) is 12.4 Å². The number of fused-ring (bicyclic) bond motifs is 1. The molecular formula is C56H69N11O8S. The number of amides is 4. The Morgan fingerprint density at radius 1 is 0.868 bits per heavy atom. The molecule has 0 saturated carbocycles. The second-order valence-corrected chi connectivity index (χ2v) is 20.8. The van der Waals surface area contributed by atoms with Gasteiger partial charge in [0, 0.05) is 44.7 Å². The summed E-state index contributed by atoms with van der Waals surface area (Å²) < 4.78 is 25.4. The Kier molecular flexibility index (Phi) is 18.9.